The molecule has 0 unspecified atom stereocenters. The third kappa shape index (κ3) is 5.09. The van der Waals surface area contributed by atoms with Crippen LogP contribution in [0.3, 0.4) is 0 Å². The van der Waals surface area contributed by atoms with E-state index in [1.54, 1.807) is 20.8 Å². The number of ether oxygens (including phenoxy) is 1. The Morgan fingerprint density at radius 3 is 2.33 bits per heavy atom. The van der Waals surface area contributed by atoms with Crippen molar-refractivity contribution in [3.8, 4) is 0 Å². The zero-order valence-electron chi connectivity index (χ0n) is 12.2. The van der Waals surface area contributed by atoms with Crippen molar-refractivity contribution in [2.24, 2.45) is 0 Å². The van der Waals surface area contributed by atoms with Gasteiger partial charge in [0, 0.05) is 17.2 Å². The number of amides is 2. The molecule has 21 heavy (non-hydrogen) atoms. The van der Waals surface area contributed by atoms with Crippen molar-refractivity contribution in [2.75, 3.05) is 0 Å². The summed E-state index contributed by atoms with van der Waals surface area (Å²) in [5.41, 5.74) is 4.05. The SMILES string of the molecule is Cc1cc(C(=O)NNC(=O)OC(C)(C)C)ccc1[N+](=O)[O-]. The van der Waals surface area contributed by atoms with Gasteiger partial charge >= 0.3 is 6.09 Å². The van der Waals surface area contributed by atoms with Crippen LogP contribution in [0.15, 0.2) is 18.2 Å². The fraction of sp³-hybridized carbons (Fsp3) is 0.385. The van der Waals surface area contributed by atoms with Crippen molar-refractivity contribution in [3.05, 3.63) is 39.4 Å². The predicted octanol–water partition coefficient (Wildman–Crippen LogP) is 2.07. The number of rotatable bonds is 2. The van der Waals surface area contributed by atoms with Gasteiger partial charge in [-0.05, 0) is 39.8 Å². The van der Waals surface area contributed by atoms with Crippen molar-refractivity contribution in [1.29, 1.82) is 0 Å². The molecule has 0 fully saturated rings. The zero-order chi connectivity index (χ0) is 16.2. The molecule has 0 spiro atoms. The second-order valence-electron chi connectivity index (χ2n) is 5.34. The first kappa shape index (κ1) is 16.4. The van der Waals surface area contributed by atoms with E-state index in [1.807, 2.05) is 0 Å². The Labute approximate surface area is 121 Å². The quantitative estimate of drug-likeness (QED) is 0.641. The predicted molar refractivity (Wildman–Crippen MR) is 74.7 cm³/mol. The van der Waals surface area contributed by atoms with Crippen molar-refractivity contribution in [3.63, 3.8) is 0 Å². The van der Waals surface area contributed by atoms with Crippen LogP contribution in [0.1, 0.15) is 36.7 Å². The van der Waals surface area contributed by atoms with Crippen molar-refractivity contribution < 1.29 is 19.2 Å². The molecule has 8 heteroatoms. The second kappa shape index (κ2) is 6.21. The van der Waals surface area contributed by atoms with Crippen LogP contribution in [0.2, 0.25) is 0 Å². The molecule has 2 amide bonds. The molecule has 114 valence electrons. The summed E-state index contributed by atoms with van der Waals surface area (Å²) in [5, 5.41) is 10.7. The molecular formula is C13H17N3O5. The lowest BCUT2D eigenvalue weighted by Gasteiger charge is -2.19. The molecule has 2 N–H and O–H groups in total. The van der Waals surface area contributed by atoms with Gasteiger partial charge in [0.25, 0.3) is 11.6 Å². The smallest absolute Gasteiger partial charge is 0.426 e. The highest BCUT2D eigenvalue weighted by molar-refractivity contribution is 5.95. The summed E-state index contributed by atoms with van der Waals surface area (Å²) in [6.07, 6.45) is -0.797. The Kier molecular flexibility index (Phi) is 4.85. The second-order valence-corrected chi connectivity index (χ2v) is 5.34. The maximum atomic E-state index is 11.8. The summed E-state index contributed by atoms with van der Waals surface area (Å²) >= 11 is 0. The van der Waals surface area contributed by atoms with Crippen LogP contribution in [0, 0.1) is 17.0 Å². The van der Waals surface area contributed by atoms with E-state index in [2.05, 4.69) is 10.9 Å². The zero-order valence-corrected chi connectivity index (χ0v) is 12.2. The molecule has 0 aliphatic heterocycles. The van der Waals surface area contributed by atoms with E-state index in [0.717, 1.165) is 0 Å². The number of carbonyl (C=O) groups excluding carboxylic acids is 2. The summed E-state index contributed by atoms with van der Waals surface area (Å²) in [4.78, 5) is 33.3. The first-order valence-corrected chi connectivity index (χ1v) is 6.14. The average molecular weight is 295 g/mol. The molecule has 1 aromatic carbocycles. The summed E-state index contributed by atoms with van der Waals surface area (Å²) in [7, 11) is 0. The Morgan fingerprint density at radius 2 is 1.86 bits per heavy atom. The number of aryl methyl sites for hydroxylation is 1. The van der Waals surface area contributed by atoms with Gasteiger partial charge in [-0.2, -0.15) is 0 Å². The molecule has 0 saturated carbocycles. The standard InChI is InChI=1S/C13H17N3O5/c1-8-7-9(5-6-10(8)16(19)20)11(17)14-15-12(18)21-13(2,3)4/h5-7H,1-4H3,(H,14,17)(H,15,18). The van der Waals surface area contributed by atoms with Gasteiger partial charge in [-0.15, -0.1) is 0 Å². The van der Waals surface area contributed by atoms with Crippen LogP contribution >= 0.6 is 0 Å². The number of hydrazine groups is 1. The van der Waals surface area contributed by atoms with E-state index in [9.17, 15) is 19.7 Å². The van der Waals surface area contributed by atoms with Gasteiger partial charge in [0.05, 0.1) is 4.92 Å². The molecule has 0 aliphatic carbocycles. The number of nitrogens with zero attached hydrogens (tertiary/aromatic N) is 1. The van der Waals surface area contributed by atoms with Gasteiger partial charge in [0.1, 0.15) is 5.60 Å². The number of nitro benzene ring substituents is 1. The highest BCUT2D eigenvalue weighted by Crippen LogP contribution is 2.18. The van der Waals surface area contributed by atoms with Gasteiger partial charge in [0.2, 0.25) is 0 Å². The summed E-state index contributed by atoms with van der Waals surface area (Å²) < 4.78 is 4.94. The molecule has 0 saturated heterocycles. The number of nitrogens with one attached hydrogen (secondary N) is 2. The minimum Gasteiger partial charge on any atom is -0.443 e. The maximum Gasteiger partial charge on any atom is 0.426 e. The molecule has 8 nitrogen and oxygen atoms in total. The van der Waals surface area contributed by atoms with E-state index in [-0.39, 0.29) is 11.3 Å². The molecule has 0 radical (unpaired) electrons. The number of carbonyl (C=O) groups is 2. The number of nitro groups is 1. The summed E-state index contributed by atoms with van der Waals surface area (Å²) in [6.45, 7) is 6.59. The van der Waals surface area contributed by atoms with E-state index in [0.29, 0.717) is 5.56 Å². The third-order valence-electron chi connectivity index (χ3n) is 2.33. The lowest BCUT2D eigenvalue weighted by atomic mass is 10.1. The Morgan fingerprint density at radius 1 is 1.24 bits per heavy atom. The number of benzene rings is 1. The number of hydrogen-bond acceptors (Lipinski definition) is 5. The lowest BCUT2D eigenvalue weighted by Crippen LogP contribution is -2.44. The fourth-order valence-electron chi connectivity index (χ4n) is 1.49. The molecule has 1 aromatic rings. The molecule has 0 heterocycles. The Bertz CT molecular complexity index is 578. The van der Waals surface area contributed by atoms with E-state index in [4.69, 9.17) is 4.74 Å². The minimum atomic E-state index is -0.797. The van der Waals surface area contributed by atoms with Crippen LogP contribution in [0.4, 0.5) is 10.5 Å². The Hall–Kier alpha value is -2.64. The lowest BCUT2D eigenvalue weighted by molar-refractivity contribution is -0.385. The fourth-order valence-corrected chi connectivity index (χ4v) is 1.49. The largest absolute Gasteiger partial charge is 0.443 e. The Balaban J connectivity index is 2.67. The van der Waals surface area contributed by atoms with Crippen LogP contribution in [0.5, 0.6) is 0 Å². The first-order chi connectivity index (χ1) is 9.60. The summed E-state index contributed by atoms with van der Waals surface area (Å²) in [6, 6.07) is 3.90. The normalized spacial score (nSPS) is 10.7. The van der Waals surface area contributed by atoms with Gasteiger partial charge in [-0.3, -0.25) is 20.3 Å². The van der Waals surface area contributed by atoms with Crippen LogP contribution in [0.25, 0.3) is 0 Å². The van der Waals surface area contributed by atoms with Crippen LogP contribution < -0.4 is 10.9 Å². The highest BCUT2D eigenvalue weighted by atomic mass is 16.6. The van der Waals surface area contributed by atoms with Gasteiger partial charge in [0.15, 0.2) is 0 Å². The molecule has 0 aromatic heterocycles. The first-order valence-electron chi connectivity index (χ1n) is 6.14. The van der Waals surface area contributed by atoms with E-state index in [1.165, 1.54) is 25.1 Å². The molecule has 0 bridgehead atoms. The monoisotopic (exact) mass is 295 g/mol. The van der Waals surface area contributed by atoms with Crippen molar-refractivity contribution >= 4 is 17.7 Å². The number of hydrogen-bond donors (Lipinski definition) is 2. The van der Waals surface area contributed by atoms with Crippen LogP contribution in [-0.2, 0) is 4.74 Å². The van der Waals surface area contributed by atoms with E-state index >= 15 is 0 Å². The molecule has 1 rings (SSSR count). The van der Waals surface area contributed by atoms with Crippen molar-refractivity contribution in [1.82, 2.24) is 10.9 Å². The van der Waals surface area contributed by atoms with Gasteiger partial charge in [-0.1, -0.05) is 0 Å². The molecule has 0 aliphatic rings. The molecular weight excluding hydrogens is 278 g/mol. The average Bonchev–Trinajstić information content (AvgIpc) is 2.33. The van der Waals surface area contributed by atoms with Gasteiger partial charge < -0.3 is 4.74 Å². The van der Waals surface area contributed by atoms with Crippen LogP contribution in [-0.4, -0.2) is 22.5 Å². The van der Waals surface area contributed by atoms with Gasteiger partial charge in [-0.25, -0.2) is 10.2 Å². The third-order valence-corrected chi connectivity index (χ3v) is 2.33. The maximum absolute atomic E-state index is 11.8. The molecule has 0 atom stereocenters. The summed E-state index contributed by atoms with van der Waals surface area (Å²) in [5.74, 6) is -0.598. The van der Waals surface area contributed by atoms with E-state index < -0.39 is 22.5 Å². The minimum absolute atomic E-state index is 0.0772. The highest BCUT2D eigenvalue weighted by Gasteiger charge is 2.17. The van der Waals surface area contributed by atoms with Crippen molar-refractivity contribution in [2.45, 2.75) is 33.3 Å². The topological polar surface area (TPSA) is 111 Å².